The van der Waals surface area contributed by atoms with Gasteiger partial charge in [-0.15, -0.1) is 5.10 Å². The lowest BCUT2D eigenvalue weighted by molar-refractivity contribution is 0.785. The van der Waals surface area contributed by atoms with E-state index in [1.807, 2.05) is 30.3 Å². The predicted octanol–water partition coefficient (Wildman–Crippen LogP) is 7.36. The molecule has 0 aliphatic carbocycles. The zero-order valence-electron chi connectivity index (χ0n) is 18.8. The van der Waals surface area contributed by atoms with Crippen molar-refractivity contribution >= 4 is 30.6 Å². The smallest absolute Gasteiger partial charge is 0.114 e. The molecule has 0 aliphatic rings. The van der Waals surface area contributed by atoms with Crippen LogP contribution < -0.4 is 0 Å². The number of benzene rings is 3. The molecule has 4 rings (SSSR count). The van der Waals surface area contributed by atoms with E-state index in [1.165, 1.54) is 5.56 Å². The van der Waals surface area contributed by atoms with E-state index in [1.54, 1.807) is 11.0 Å². The van der Waals surface area contributed by atoms with Gasteiger partial charge in [0.15, 0.2) is 0 Å². The monoisotopic (exact) mass is 455 g/mol. The zero-order chi connectivity index (χ0) is 22.7. The van der Waals surface area contributed by atoms with E-state index in [2.05, 4.69) is 85.9 Å². The molecule has 0 bridgehead atoms. The summed E-state index contributed by atoms with van der Waals surface area (Å²) in [5, 5.41) is 11.2. The number of nitrogens with zero attached hydrogens (tertiary/aromatic N) is 3. The highest BCUT2D eigenvalue weighted by atomic mass is 35.5. The van der Waals surface area contributed by atoms with Gasteiger partial charge in [0.25, 0.3) is 0 Å². The van der Waals surface area contributed by atoms with Crippen LogP contribution in [0.4, 0.5) is 0 Å². The first-order chi connectivity index (χ1) is 15.3. The van der Waals surface area contributed by atoms with Gasteiger partial charge in [0, 0.05) is 16.2 Å². The lowest BCUT2D eigenvalue weighted by Crippen LogP contribution is -2.27. The molecule has 0 radical (unpaired) electrons. The summed E-state index contributed by atoms with van der Waals surface area (Å²) in [5.74, 6) is 0. The summed E-state index contributed by atoms with van der Waals surface area (Å²) in [7, 11) is -1.86. The molecule has 1 aromatic heterocycles. The zero-order valence-corrected chi connectivity index (χ0v) is 20.6. The van der Waals surface area contributed by atoms with Crippen molar-refractivity contribution in [3.05, 3.63) is 113 Å². The fraction of sp³-hybridized carbons (Fsp3) is 0.148. The van der Waals surface area contributed by atoms with Crippen molar-refractivity contribution in [1.82, 2.24) is 15.0 Å². The highest BCUT2D eigenvalue weighted by Gasteiger charge is 2.24. The fourth-order valence-corrected chi connectivity index (χ4v) is 4.75. The summed E-state index contributed by atoms with van der Waals surface area (Å²) in [5.41, 5.74) is 10.1. The summed E-state index contributed by atoms with van der Waals surface area (Å²) >= 11 is 6.05. The summed E-state index contributed by atoms with van der Waals surface area (Å²) in [6.07, 6.45) is 1.80. The number of rotatable bonds is 5. The summed E-state index contributed by atoms with van der Waals surface area (Å²) < 4.78 is 0. The van der Waals surface area contributed by atoms with Crippen LogP contribution in [0, 0.1) is 6.92 Å². The number of aryl methyl sites for hydroxylation is 1. The highest BCUT2D eigenvalue weighted by Crippen LogP contribution is 2.27. The van der Waals surface area contributed by atoms with Crippen LogP contribution in [-0.4, -0.2) is 23.1 Å². The van der Waals surface area contributed by atoms with Gasteiger partial charge in [0.05, 0.1) is 11.5 Å². The van der Waals surface area contributed by atoms with Crippen molar-refractivity contribution in [2.45, 2.75) is 26.6 Å². The third-order valence-electron chi connectivity index (χ3n) is 5.19. The first-order valence-corrected chi connectivity index (χ1v) is 14.5. The van der Waals surface area contributed by atoms with E-state index >= 15 is 0 Å². The van der Waals surface area contributed by atoms with Crippen molar-refractivity contribution in [3.8, 4) is 11.3 Å². The number of hydrogen-bond acceptors (Lipinski definition) is 2. The average molecular weight is 456 g/mol. The lowest BCUT2D eigenvalue weighted by Gasteiger charge is -2.18. The summed E-state index contributed by atoms with van der Waals surface area (Å²) in [4.78, 5) is 1.76. The Hall–Kier alpha value is -3.17. The third kappa shape index (κ3) is 5.00. The molecule has 32 heavy (non-hydrogen) atoms. The van der Waals surface area contributed by atoms with E-state index in [0.29, 0.717) is 5.02 Å². The van der Waals surface area contributed by atoms with Gasteiger partial charge in [-0.2, -0.15) is 9.90 Å². The van der Waals surface area contributed by atoms with E-state index < -0.39 is 8.07 Å². The maximum atomic E-state index is 6.05. The molecule has 0 fully saturated rings. The predicted molar refractivity (Wildman–Crippen MR) is 137 cm³/mol. The Balaban J connectivity index is 1.93. The summed E-state index contributed by atoms with van der Waals surface area (Å²) in [6.45, 7) is 8.97. The van der Waals surface area contributed by atoms with Crippen LogP contribution in [0.25, 0.3) is 22.2 Å². The maximum Gasteiger partial charge on any atom is 0.114 e. The van der Waals surface area contributed by atoms with Crippen LogP contribution in [0.1, 0.15) is 16.7 Å². The van der Waals surface area contributed by atoms with Gasteiger partial charge in [-0.1, -0.05) is 109 Å². The van der Waals surface area contributed by atoms with Gasteiger partial charge in [-0.3, -0.25) is 0 Å². The minimum absolute atomic E-state index is 0.706. The molecule has 0 unspecified atom stereocenters. The second-order valence-electron chi connectivity index (χ2n) is 8.86. The number of aromatic nitrogens is 3. The molecular weight excluding hydrogens is 430 g/mol. The molecule has 0 saturated carbocycles. The molecule has 1 heterocycles. The molecule has 0 atom stereocenters. The largest absolute Gasteiger partial charge is 0.156 e. The molecule has 0 saturated heterocycles. The van der Waals surface area contributed by atoms with Crippen molar-refractivity contribution in [2.75, 3.05) is 0 Å². The quantitative estimate of drug-likeness (QED) is 0.232. The van der Waals surface area contributed by atoms with Gasteiger partial charge in [-0.05, 0) is 30.2 Å². The van der Waals surface area contributed by atoms with Gasteiger partial charge in [0.2, 0.25) is 0 Å². The van der Waals surface area contributed by atoms with Crippen LogP contribution in [0.5, 0.6) is 0 Å². The van der Waals surface area contributed by atoms with Gasteiger partial charge in [-0.25, -0.2) is 0 Å². The number of halogens is 1. The van der Waals surface area contributed by atoms with E-state index in [9.17, 15) is 0 Å². The van der Waals surface area contributed by atoms with Crippen molar-refractivity contribution in [1.29, 1.82) is 0 Å². The SMILES string of the molecule is Cc1ccc(C(=C=C(n2ncc(-c3ccc(Cl)cc3)n2)[Si](C)(C)C)c2ccccc2)cc1. The normalized spacial score (nSPS) is 11.2. The molecule has 0 aliphatic heterocycles. The third-order valence-corrected chi connectivity index (χ3v) is 7.19. The van der Waals surface area contributed by atoms with E-state index in [0.717, 1.165) is 33.3 Å². The number of hydrogen-bond donors (Lipinski definition) is 0. The van der Waals surface area contributed by atoms with Crippen LogP contribution >= 0.6 is 11.6 Å². The maximum absolute atomic E-state index is 6.05. The molecule has 0 amide bonds. The molecule has 3 aromatic carbocycles. The second-order valence-corrected chi connectivity index (χ2v) is 14.3. The minimum Gasteiger partial charge on any atom is -0.156 e. The molecule has 160 valence electrons. The standard InChI is InChI=1S/C27H26ClN3Si/c1-20-10-12-22(13-11-20)25(21-8-6-5-7-9-21)18-27(32(2,3)4)31-29-19-26(30-31)23-14-16-24(28)17-15-23/h5-17,19H,1-4H3. The van der Waals surface area contributed by atoms with Gasteiger partial charge in [0.1, 0.15) is 13.8 Å². The van der Waals surface area contributed by atoms with Crippen LogP contribution in [0.2, 0.25) is 24.7 Å². The first kappa shape index (κ1) is 22.0. The van der Waals surface area contributed by atoms with Crippen molar-refractivity contribution < 1.29 is 0 Å². The highest BCUT2D eigenvalue weighted by molar-refractivity contribution is 6.92. The second kappa shape index (κ2) is 9.13. The first-order valence-electron chi connectivity index (χ1n) is 10.6. The van der Waals surface area contributed by atoms with Gasteiger partial charge < -0.3 is 0 Å². The summed E-state index contributed by atoms with van der Waals surface area (Å²) in [6, 6.07) is 26.7. The average Bonchev–Trinajstić information content (AvgIpc) is 3.25. The Bertz CT molecular complexity index is 1280. The van der Waals surface area contributed by atoms with Crippen molar-refractivity contribution in [3.63, 3.8) is 0 Å². The topological polar surface area (TPSA) is 30.7 Å². The Labute approximate surface area is 195 Å². The fourth-order valence-electron chi connectivity index (χ4n) is 3.42. The van der Waals surface area contributed by atoms with E-state index in [4.69, 9.17) is 16.7 Å². The van der Waals surface area contributed by atoms with Crippen LogP contribution in [0.3, 0.4) is 0 Å². The van der Waals surface area contributed by atoms with Gasteiger partial charge >= 0.3 is 0 Å². The molecule has 5 heteroatoms. The Kier molecular flexibility index (Phi) is 6.29. The molecule has 0 spiro atoms. The molecule has 3 nitrogen and oxygen atoms in total. The molecular formula is C27H26ClN3Si. The molecule has 0 N–H and O–H groups in total. The minimum atomic E-state index is -1.86. The Morgan fingerprint density at radius 3 is 2.09 bits per heavy atom. The van der Waals surface area contributed by atoms with E-state index in [-0.39, 0.29) is 0 Å². The Morgan fingerprint density at radius 2 is 1.47 bits per heavy atom. The van der Waals surface area contributed by atoms with Crippen molar-refractivity contribution in [2.24, 2.45) is 0 Å². The van der Waals surface area contributed by atoms with Crippen LogP contribution in [-0.2, 0) is 0 Å². The lowest BCUT2D eigenvalue weighted by atomic mass is 9.98. The Morgan fingerprint density at radius 1 is 0.844 bits per heavy atom. The molecule has 4 aromatic rings. The van der Waals surface area contributed by atoms with Crippen LogP contribution in [0.15, 0.2) is 90.8 Å².